The van der Waals surface area contributed by atoms with Crippen molar-refractivity contribution in [2.75, 3.05) is 26.6 Å². The lowest BCUT2D eigenvalue weighted by Crippen LogP contribution is -2.51. The van der Waals surface area contributed by atoms with Crippen LogP contribution in [0.2, 0.25) is 0 Å². The Morgan fingerprint density at radius 3 is 2.00 bits per heavy atom. The Morgan fingerprint density at radius 2 is 1.50 bits per heavy atom. The number of carboxylic acids is 1. The summed E-state index contributed by atoms with van der Waals surface area (Å²) in [5.41, 5.74) is -0.234. The Hall–Kier alpha value is -1.43. The minimum atomic E-state index is -3.33. The zero-order valence-electron chi connectivity index (χ0n) is 20.3. The molecule has 2 aliphatic carbocycles. The van der Waals surface area contributed by atoms with Crippen molar-refractivity contribution >= 4 is 22.2 Å². The normalized spacial score (nSPS) is 28.6. The van der Waals surface area contributed by atoms with Gasteiger partial charge in [0.15, 0.2) is 0 Å². The van der Waals surface area contributed by atoms with Crippen molar-refractivity contribution in [1.82, 2.24) is 5.32 Å². The predicted molar refractivity (Wildman–Crippen MR) is 123 cm³/mol. The fraction of sp³-hybridized carbons (Fsp3) is 0.913. The van der Waals surface area contributed by atoms with Crippen LogP contribution in [0.1, 0.15) is 77.0 Å². The summed E-state index contributed by atoms with van der Waals surface area (Å²) in [6, 6.07) is -0.895. The molecular formula is C23H39NO9S. The molecule has 2 saturated heterocycles. The van der Waals surface area contributed by atoms with Crippen LogP contribution in [0, 0.1) is 5.92 Å². The number of carboxylic acid groups (broad SMARTS) is 1. The van der Waals surface area contributed by atoms with Crippen LogP contribution in [0.25, 0.3) is 0 Å². The summed E-state index contributed by atoms with van der Waals surface area (Å²) in [5, 5.41) is 11.7. The Labute approximate surface area is 202 Å². The van der Waals surface area contributed by atoms with Crippen molar-refractivity contribution in [1.29, 1.82) is 0 Å². The number of nitrogens with one attached hydrogen (secondary N) is 1. The lowest BCUT2D eigenvalue weighted by Gasteiger charge is -2.40. The number of hydrogen-bond acceptors (Lipinski definition) is 8. The Balaban J connectivity index is 0.000000196. The summed E-state index contributed by atoms with van der Waals surface area (Å²) < 4.78 is 43.3. The molecule has 4 rings (SSSR count). The van der Waals surface area contributed by atoms with Gasteiger partial charge in [0, 0.05) is 19.6 Å². The molecule has 2 N–H and O–H groups in total. The minimum absolute atomic E-state index is 0.0758. The molecule has 4 fully saturated rings. The Morgan fingerprint density at radius 1 is 0.971 bits per heavy atom. The standard InChI is InChI=1S/C13H21NO5.C10H18O4S/c1-18-12(17)14-10(11(15)16)9-4-7-19-13(8-9)5-2-3-6-13;1-15(11,12)14-9-4-7-13-10(8-9)5-2-3-6-10/h9-10H,2-8H2,1H3,(H,14,17)(H,15,16);9H,2-8H2,1H3. The molecule has 0 aromatic rings. The van der Waals surface area contributed by atoms with E-state index in [2.05, 4.69) is 10.1 Å². The van der Waals surface area contributed by atoms with E-state index in [1.165, 1.54) is 20.0 Å². The van der Waals surface area contributed by atoms with E-state index >= 15 is 0 Å². The number of amides is 1. The molecular weight excluding hydrogens is 466 g/mol. The average molecular weight is 506 g/mol. The number of carbonyl (C=O) groups excluding carboxylic acids is 1. The molecule has 0 aromatic heterocycles. The van der Waals surface area contributed by atoms with Crippen molar-refractivity contribution in [3.05, 3.63) is 0 Å². The van der Waals surface area contributed by atoms with E-state index in [4.69, 9.17) is 13.7 Å². The second-order valence-electron chi connectivity index (χ2n) is 10.1. The van der Waals surface area contributed by atoms with Crippen LogP contribution < -0.4 is 5.32 Å². The molecule has 10 nitrogen and oxygen atoms in total. The zero-order chi connectivity index (χ0) is 24.8. The van der Waals surface area contributed by atoms with Crippen LogP contribution in [0.4, 0.5) is 4.79 Å². The highest BCUT2D eigenvalue weighted by atomic mass is 32.2. The third-order valence-corrected chi connectivity index (χ3v) is 8.14. The first-order valence-corrected chi connectivity index (χ1v) is 14.1. The molecule has 1 amide bonds. The molecule has 196 valence electrons. The fourth-order valence-electron chi connectivity index (χ4n) is 5.96. The van der Waals surface area contributed by atoms with Gasteiger partial charge >= 0.3 is 12.1 Å². The highest BCUT2D eigenvalue weighted by molar-refractivity contribution is 7.86. The van der Waals surface area contributed by atoms with Crippen LogP contribution in [-0.2, 0) is 33.3 Å². The van der Waals surface area contributed by atoms with Gasteiger partial charge in [-0.25, -0.2) is 9.59 Å². The van der Waals surface area contributed by atoms with E-state index in [0.29, 0.717) is 32.5 Å². The number of rotatable bonds is 5. The SMILES string of the molecule is COC(=O)NC(C(=O)O)C1CCOC2(CCCC2)C1.CS(=O)(=O)OC1CCOC2(CCCC2)C1. The van der Waals surface area contributed by atoms with E-state index in [1.54, 1.807) is 0 Å². The number of aliphatic carboxylic acids is 1. The van der Waals surface area contributed by atoms with Crippen molar-refractivity contribution in [2.45, 2.75) is 100 Å². The molecule has 2 aliphatic heterocycles. The summed E-state index contributed by atoms with van der Waals surface area (Å²) >= 11 is 0. The van der Waals surface area contributed by atoms with Gasteiger partial charge < -0.3 is 24.6 Å². The lowest BCUT2D eigenvalue weighted by atomic mass is 9.80. The molecule has 0 bridgehead atoms. The van der Waals surface area contributed by atoms with Crippen LogP contribution in [0.15, 0.2) is 0 Å². The van der Waals surface area contributed by atoms with Crippen molar-refractivity contribution < 1.29 is 41.5 Å². The summed E-state index contributed by atoms with van der Waals surface area (Å²) in [6.07, 6.45) is 11.8. The summed E-state index contributed by atoms with van der Waals surface area (Å²) in [5.74, 6) is -1.10. The summed E-state index contributed by atoms with van der Waals surface area (Å²) in [4.78, 5) is 22.6. The van der Waals surface area contributed by atoms with Crippen molar-refractivity contribution in [3.8, 4) is 0 Å². The second kappa shape index (κ2) is 11.5. The lowest BCUT2D eigenvalue weighted by molar-refractivity contribution is -0.145. The molecule has 2 spiro atoms. The largest absolute Gasteiger partial charge is 0.480 e. The Bertz CT molecular complexity index is 803. The van der Waals surface area contributed by atoms with Crippen molar-refractivity contribution in [3.63, 3.8) is 0 Å². The number of methoxy groups -OCH3 is 1. The molecule has 2 heterocycles. The van der Waals surface area contributed by atoms with Crippen LogP contribution >= 0.6 is 0 Å². The van der Waals surface area contributed by atoms with Crippen LogP contribution in [0.5, 0.6) is 0 Å². The van der Waals surface area contributed by atoms with Crippen molar-refractivity contribution in [2.24, 2.45) is 5.92 Å². The van der Waals surface area contributed by atoms with E-state index in [1.807, 2.05) is 0 Å². The monoisotopic (exact) mass is 505 g/mol. The minimum Gasteiger partial charge on any atom is -0.480 e. The second-order valence-corrected chi connectivity index (χ2v) is 11.7. The van der Waals surface area contributed by atoms with Gasteiger partial charge in [-0.2, -0.15) is 8.42 Å². The quantitative estimate of drug-likeness (QED) is 0.540. The number of carbonyl (C=O) groups is 2. The maximum Gasteiger partial charge on any atom is 0.407 e. The van der Waals surface area contributed by atoms with E-state index in [0.717, 1.165) is 51.2 Å². The third kappa shape index (κ3) is 7.53. The average Bonchev–Trinajstić information content (AvgIpc) is 3.41. The maximum absolute atomic E-state index is 11.3. The first-order chi connectivity index (χ1) is 16.1. The van der Waals surface area contributed by atoms with E-state index in [-0.39, 0.29) is 23.2 Å². The van der Waals surface area contributed by atoms with Gasteiger partial charge in [-0.15, -0.1) is 0 Å². The topological polar surface area (TPSA) is 137 Å². The first kappa shape index (κ1) is 27.2. The third-order valence-electron chi connectivity index (χ3n) is 7.52. The molecule has 2 saturated carbocycles. The van der Waals surface area contributed by atoms with Gasteiger partial charge in [0.1, 0.15) is 6.04 Å². The number of ether oxygens (including phenoxy) is 3. The Kier molecular flexibility index (Phi) is 9.22. The summed E-state index contributed by atoms with van der Waals surface area (Å²) in [6.45, 7) is 1.19. The molecule has 11 heteroatoms. The fourth-order valence-corrected chi connectivity index (χ4v) is 6.62. The highest BCUT2D eigenvalue weighted by Gasteiger charge is 2.44. The highest BCUT2D eigenvalue weighted by Crippen LogP contribution is 2.43. The number of alkyl carbamates (subject to hydrolysis) is 1. The zero-order valence-corrected chi connectivity index (χ0v) is 21.1. The number of hydrogen-bond donors (Lipinski definition) is 2. The van der Waals surface area contributed by atoms with Crippen LogP contribution in [0.3, 0.4) is 0 Å². The molecule has 0 aromatic carbocycles. The summed E-state index contributed by atoms with van der Waals surface area (Å²) in [7, 11) is -2.09. The van der Waals surface area contributed by atoms with Gasteiger partial charge in [0.05, 0.1) is 30.7 Å². The first-order valence-electron chi connectivity index (χ1n) is 12.3. The maximum atomic E-state index is 11.3. The van der Waals surface area contributed by atoms with E-state index < -0.39 is 28.2 Å². The van der Waals surface area contributed by atoms with Gasteiger partial charge in [0.25, 0.3) is 10.1 Å². The van der Waals surface area contributed by atoms with Gasteiger partial charge in [-0.3, -0.25) is 4.18 Å². The van der Waals surface area contributed by atoms with E-state index in [9.17, 15) is 23.1 Å². The van der Waals surface area contributed by atoms with Gasteiger partial charge in [-0.1, -0.05) is 25.7 Å². The molecule has 34 heavy (non-hydrogen) atoms. The molecule has 0 radical (unpaired) electrons. The predicted octanol–water partition coefficient (Wildman–Crippen LogP) is 2.99. The molecule has 4 aliphatic rings. The molecule has 3 unspecified atom stereocenters. The molecule has 3 atom stereocenters. The smallest absolute Gasteiger partial charge is 0.407 e. The van der Waals surface area contributed by atoms with Gasteiger partial charge in [-0.05, 0) is 50.9 Å². The van der Waals surface area contributed by atoms with Gasteiger partial charge in [0.2, 0.25) is 0 Å². The van der Waals surface area contributed by atoms with Crippen LogP contribution in [-0.4, -0.2) is 75.5 Å².